The Hall–Kier alpha value is -2.31. The topological polar surface area (TPSA) is 63.7 Å². The van der Waals surface area contributed by atoms with Crippen LogP contribution in [0.5, 0.6) is 11.6 Å². The number of benzene rings is 1. The molecule has 1 aromatic heterocycles. The fourth-order valence-corrected chi connectivity index (χ4v) is 3.55. The molecule has 2 aromatic rings. The van der Waals surface area contributed by atoms with Crippen LogP contribution < -0.4 is 14.8 Å². The predicted molar refractivity (Wildman–Crippen MR) is 118 cm³/mol. The molecule has 0 atom stereocenters. The number of likely N-dealkylation sites (tertiary alicyclic amines) is 1. The van der Waals surface area contributed by atoms with E-state index in [-0.39, 0.29) is 18.6 Å². The first-order valence-corrected chi connectivity index (χ1v) is 11.0. The Labute approximate surface area is 183 Å². The smallest absolute Gasteiger partial charge is 0.258 e. The first-order chi connectivity index (χ1) is 14.6. The summed E-state index contributed by atoms with van der Waals surface area (Å²) in [7, 11) is 0. The number of piperidine rings is 1. The summed E-state index contributed by atoms with van der Waals surface area (Å²) in [6, 6.07) is 11.2. The Bertz CT molecular complexity index is 775. The van der Waals surface area contributed by atoms with Gasteiger partial charge in [-0.05, 0) is 55.5 Å². The van der Waals surface area contributed by atoms with Gasteiger partial charge in [0.15, 0.2) is 6.61 Å². The lowest BCUT2D eigenvalue weighted by atomic mass is 10.0. The van der Waals surface area contributed by atoms with Gasteiger partial charge in [0.1, 0.15) is 5.75 Å². The van der Waals surface area contributed by atoms with Gasteiger partial charge in [-0.15, -0.1) is 0 Å². The van der Waals surface area contributed by atoms with Gasteiger partial charge in [0, 0.05) is 43.0 Å². The quantitative estimate of drug-likeness (QED) is 0.581. The lowest BCUT2D eigenvalue weighted by Gasteiger charge is -2.32. The Balaban J connectivity index is 1.26. The molecule has 0 saturated carbocycles. The second-order valence-electron chi connectivity index (χ2n) is 7.49. The van der Waals surface area contributed by atoms with Crippen LogP contribution in [0, 0.1) is 0 Å². The van der Waals surface area contributed by atoms with Crippen molar-refractivity contribution in [1.82, 2.24) is 15.2 Å². The Kier molecular flexibility index (Phi) is 8.78. The third-order valence-corrected chi connectivity index (χ3v) is 5.46. The number of carbonyl (C=O) groups is 1. The molecule has 162 valence electrons. The Morgan fingerprint density at radius 3 is 2.60 bits per heavy atom. The SMILES string of the molecule is CCc1ccc(OCCCN2CCC(NC(=O)COc3ccc(Cl)cc3)CC2)nc1. The monoisotopic (exact) mass is 431 g/mol. The summed E-state index contributed by atoms with van der Waals surface area (Å²) in [5, 5.41) is 3.72. The number of nitrogens with zero attached hydrogens (tertiary/aromatic N) is 2. The summed E-state index contributed by atoms with van der Waals surface area (Å²) in [6.45, 7) is 5.75. The van der Waals surface area contributed by atoms with Crippen LogP contribution in [0.1, 0.15) is 31.7 Å². The van der Waals surface area contributed by atoms with E-state index in [2.05, 4.69) is 28.2 Å². The van der Waals surface area contributed by atoms with Crippen molar-refractivity contribution in [1.29, 1.82) is 0 Å². The molecule has 0 aliphatic carbocycles. The zero-order valence-corrected chi connectivity index (χ0v) is 18.2. The van der Waals surface area contributed by atoms with Crippen LogP contribution in [0.2, 0.25) is 5.02 Å². The fourth-order valence-electron chi connectivity index (χ4n) is 3.42. The van der Waals surface area contributed by atoms with Crippen LogP contribution in [0.4, 0.5) is 0 Å². The van der Waals surface area contributed by atoms with E-state index in [0.29, 0.717) is 23.3 Å². The summed E-state index contributed by atoms with van der Waals surface area (Å²) in [6.07, 6.45) is 5.72. The number of halogens is 1. The molecular formula is C23H30ClN3O3. The van der Waals surface area contributed by atoms with Crippen molar-refractivity contribution in [2.24, 2.45) is 0 Å². The standard InChI is InChI=1S/C23H30ClN3O3/c1-2-18-4-9-23(25-16-18)29-15-3-12-27-13-10-20(11-14-27)26-22(28)17-30-21-7-5-19(24)6-8-21/h4-9,16,20H,2-3,10-15,17H2,1H3,(H,26,28). The third-order valence-electron chi connectivity index (χ3n) is 5.21. The maximum atomic E-state index is 12.1. The highest BCUT2D eigenvalue weighted by Gasteiger charge is 2.20. The molecule has 0 radical (unpaired) electrons. The Morgan fingerprint density at radius 1 is 1.17 bits per heavy atom. The third kappa shape index (κ3) is 7.50. The molecule has 1 fully saturated rings. The van der Waals surface area contributed by atoms with E-state index in [1.54, 1.807) is 24.3 Å². The largest absolute Gasteiger partial charge is 0.484 e. The molecule has 2 heterocycles. The molecule has 1 N–H and O–H groups in total. The highest BCUT2D eigenvalue weighted by atomic mass is 35.5. The number of aryl methyl sites for hydroxylation is 1. The molecule has 30 heavy (non-hydrogen) atoms. The van der Waals surface area contributed by atoms with Crippen molar-refractivity contribution in [2.45, 2.75) is 38.6 Å². The van der Waals surface area contributed by atoms with Gasteiger partial charge in [0.2, 0.25) is 5.88 Å². The first-order valence-electron chi connectivity index (χ1n) is 10.6. The van der Waals surface area contributed by atoms with Crippen LogP contribution in [-0.4, -0.2) is 54.7 Å². The Morgan fingerprint density at radius 2 is 1.93 bits per heavy atom. The molecule has 1 aliphatic rings. The van der Waals surface area contributed by atoms with Crippen LogP contribution in [-0.2, 0) is 11.2 Å². The van der Waals surface area contributed by atoms with Gasteiger partial charge in [-0.25, -0.2) is 4.98 Å². The summed E-state index contributed by atoms with van der Waals surface area (Å²) < 4.78 is 11.2. The minimum absolute atomic E-state index is 0.0203. The van der Waals surface area contributed by atoms with Gasteiger partial charge in [0.25, 0.3) is 5.91 Å². The van der Waals surface area contributed by atoms with Gasteiger partial charge < -0.3 is 19.7 Å². The second kappa shape index (κ2) is 11.8. The van der Waals surface area contributed by atoms with Crippen LogP contribution in [0.3, 0.4) is 0 Å². The van der Waals surface area contributed by atoms with Gasteiger partial charge in [-0.1, -0.05) is 24.6 Å². The number of hydrogen-bond acceptors (Lipinski definition) is 5. The van der Waals surface area contributed by atoms with Crippen molar-refractivity contribution in [3.63, 3.8) is 0 Å². The van der Waals surface area contributed by atoms with Crippen molar-refractivity contribution in [3.05, 3.63) is 53.2 Å². The predicted octanol–water partition coefficient (Wildman–Crippen LogP) is 3.73. The number of carbonyl (C=O) groups excluding carboxylic acids is 1. The highest BCUT2D eigenvalue weighted by molar-refractivity contribution is 6.30. The second-order valence-corrected chi connectivity index (χ2v) is 7.92. The van der Waals surface area contributed by atoms with E-state index in [4.69, 9.17) is 21.1 Å². The van der Waals surface area contributed by atoms with E-state index in [1.165, 1.54) is 5.56 Å². The highest BCUT2D eigenvalue weighted by Crippen LogP contribution is 2.16. The molecule has 0 unspecified atom stereocenters. The number of rotatable bonds is 10. The van der Waals surface area contributed by atoms with Crippen molar-refractivity contribution in [3.8, 4) is 11.6 Å². The lowest BCUT2D eigenvalue weighted by Crippen LogP contribution is -2.46. The molecule has 7 heteroatoms. The molecule has 0 bridgehead atoms. The normalized spacial score (nSPS) is 15.0. The lowest BCUT2D eigenvalue weighted by molar-refractivity contribution is -0.124. The number of amides is 1. The molecule has 1 amide bonds. The maximum absolute atomic E-state index is 12.1. The van der Waals surface area contributed by atoms with Gasteiger partial charge in [-0.3, -0.25) is 4.79 Å². The van der Waals surface area contributed by atoms with Crippen molar-refractivity contribution >= 4 is 17.5 Å². The number of pyridine rings is 1. The van der Waals surface area contributed by atoms with E-state index in [0.717, 1.165) is 45.3 Å². The number of hydrogen-bond donors (Lipinski definition) is 1. The molecule has 0 spiro atoms. The van der Waals surface area contributed by atoms with E-state index >= 15 is 0 Å². The average Bonchev–Trinajstić information content (AvgIpc) is 2.78. The summed E-state index contributed by atoms with van der Waals surface area (Å²) in [4.78, 5) is 18.9. The minimum Gasteiger partial charge on any atom is -0.484 e. The molecule has 3 rings (SSSR count). The van der Waals surface area contributed by atoms with Crippen LogP contribution >= 0.6 is 11.6 Å². The summed E-state index contributed by atoms with van der Waals surface area (Å²) >= 11 is 5.84. The number of aromatic nitrogens is 1. The molecule has 1 saturated heterocycles. The number of nitrogens with one attached hydrogen (secondary N) is 1. The zero-order valence-electron chi connectivity index (χ0n) is 17.5. The van der Waals surface area contributed by atoms with E-state index < -0.39 is 0 Å². The summed E-state index contributed by atoms with van der Waals surface area (Å²) in [5.74, 6) is 1.25. The van der Waals surface area contributed by atoms with E-state index in [1.807, 2.05) is 12.3 Å². The van der Waals surface area contributed by atoms with E-state index in [9.17, 15) is 4.79 Å². The average molecular weight is 432 g/mol. The molecular weight excluding hydrogens is 402 g/mol. The zero-order chi connectivity index (χ0) is 21.2. The first kappa shape index (κ1) is 22.4. The number of ether oxygens (including phenoxy) is 2. The van der Waals surface area contributed by atoms with Gasteiger partial charge in [0.05, 0.1) is 6.61 Å². The minimum atomic E-state index is -0.0848. The van der Waals surface area contributed by atoms with Gasteiger partial charge in [-0.2, -0.15) is 0 Å². The van der Waals surface area contributed by atoms with Crippen LogP contribution in [0.15, 0.2) is 42.6 Å². The maximum Gasteiger partial charge on any atom is 0.258 e. The van der Waals surface area contributed by atoms with Crippen molar-refractivity contribution in [2.75, 3.05) is 32.8 Å². The molecule has 1 aromatic carbocycles. The van der Waals surface area contributed by atoms with Crippen molar-refractivity contribution < 1.29 is 14.3 Å². The molecule has 1 aliphatic heterocycles. The fraction of sp³-hybridized carbons (Fsp3) is 0.478. The summed E-state index contributed by atoms with van der Waals surface area (Å²) in [5.41, 5.74) is 1.22. The molecule has 6 nitrogen and oxygen atoms in total. The van der Waals surface area contributed by atoms with Gasteiger partial charge >= 0.3 is 0 Å². The van der Waals surface area contributed by atoms with Crippen LogP contribution in [0.25, 0.3) is 0 Å².